The number of hydrogen-bond acceptors (Lipinski definition) is 3. The number of rotatable bonds is 2. The van der Waals surface area contributed by atoms with Crippen molar-refractivity contribution in [2.24, 2.45) is 5.73 Å². The van der Waals surface area contributed by atoms with E-state index in [0.717, 1.165) is 11.1 Å². The van der Waals surface area contributed by atoms with Gasteiger partial charge in [0.2, 0.25) is 0 Å². The molecule has 3 heteroatoms. The quantitative estimate of drug-likeness (QED) is 0.770. The SMILES string of the molecule is Cc1ccccc1C(=O)C1(N)CCOCC1. The number of carbonyl (C=O) groups excluding carboxylic acids is 1. The van der Waals surface area contributed by atoms with Gasteiger partial charge in [0.25, 0.3) is 0 Å². The maximum atomic E-state index is 12.4. The highest BCUT2D eigenvalue weighted by Crippen LogP contribution is 2.24. The van der Waals surface area contributed by atoms with E-state index in [4.69, 9.17) is 10.5 Å². The monoisotopic (exact) mass is 219 g/mol. The average Bonchev–Trinajstić information content (AvgIpc) is 2.30. The van der Waals surface area contributed by atoms with Crippen molar-refractivity contribution in [3.05, 3.63) is 35.4 Å². The molecule has 0 aromatic heterocycles. The molecule has 0 radical (unpaired) electrons. The first kappa shape index (κ1) is 11.3. The molecule has 2 rings (SSSR count). The fourth-order valence-corrected chi connectivity index (χ4v) is 2.06. The second kappa shape index (κ2) is 4.36. The van der Waals surface area contributed by atoms with Crippen molar-refractivity contribution in [2.75, 3.05) is 13.2 Å². The summed E-state index contributed by atoms with van der Waals surface area (Å²) in [5.74, 6) is 0.0499. The zero-order valence-electron chi connectivity index (χ0n) is 9.53. The van der Waals surface area contributed by atoms with Crippen LogP contribution in [0.2, 0.25) is 0 Å². The molecule has 0 atom stereocenters. The van der Waals surface area contributed by atoms with Gasteiger partial charge in [0.1, 0.15) is 0 Å². The highest BCUT2D eigenvalue weighted by Gasteiger charge is 2.36. The molecule has 0 amide bonds. The number of carbonyl (C=O) groups is 1. The number of ether oxygens (including phenoxy) is 1. The van der Waals surface area contributed by atoms with E-state index in [1.54, 1.807) is 0 Å². The van der Waals surface area contributed by atoms with E-state index in [1.807, 2.05) is 31.2 Å². The third-order valence-corrected chi connectivity index (χ3v) is 3.23. The maximum absolute atomic E-state index is 12.4. The number of ketones is 1. The van der Waals surface area contributed by atoms with Gasteiger partial charge in [-0.15, -0.1) is 0 Å². The van der Waals surface area contributed by atoms with Crippen LogP contribution in [0.4, 0.5) is 0 Å². The Labute approximate surface area is 95.6 Å². The predicted molar refractivity (Wildman–Crippen MR) is 62.5 cm³/mol. The van der Waals surface area contributed by atoms with Gasteiger partial charge in [0.05, 0.1) is 5.54 Å². The lowest BCUT2D eigenvalue weighted by atomic mass is 9.82. The first-order valence-corrected chi connectivity index (χ1v) is 5.60. The molecule has 1 aliphatic heterocycles. The lowest BCUT2D eigenvalue weighted by Crippen LogP contribution is -2.52. The third-order valence-electron chi connectivity index (χ3n) is 3.23. The second-order valence-electron chi connectivity index (χ2n) is 4.41. The highest BCUT2D eigenvalue weighted by atomic mass is 16.5. The summed E-state index contributed by atoms with van der Waals surface area (Å²) in [4.78, 5) is 12.4. The first-order chi connectivity index (χ1) is 7.63. The van der Waals surface area contributed by atoms with Gasteiger partial charge in [-0.05, 0) is 25.3 Å². The zero-order valence-corrected chi connectivity index (χ0v) is 9.53. The fraction of sp³-hybridized carbons (Fsp3) is 0.462. The van der Waals surface area contributed by atoms with Gasteiger partial charge in [-0.3, -0.25) is 4.79 Å². The Kier molecular flexibility index (Phi) is 3.08. The molecule has 1 aromatic carbocycles. The van der Waals surface area contributed by atoms with Gasteiger partial charge in [-0.25, -0.2) is 0 Å². The summed E-state index contributed by atoms with van der Waals surface area (Å²) in [7, 11) is 0. The van der Waals surface area contributed by atoms with Crippen LogP contribution in [0.3, 0.4) is 0 Å². The number of nitrogens with two attached hydrogens (primary N) is 1. The molecular weight excluding hydrogens is 202 g/mol. The van der Waals surface area contributed by atoms with E-state index in [1.165, 1.54) is 0 Å². The summed E-state index contributed by atoms with van der Waals surface area (Å²) in [6, 6.07) is 7.60. The molecule has 1 aliphatic rings. The summed E-state index contributed by atoms with van der Waals surface area (Å²) >= 11 is 0. The van der Waals surface area contributed by atoms with Gasteiger partial charge in [-0.2, -0.15) is 0 Å². The first-order valence-electron chi connectivity index (χ1n) is 5.60. The minimum atomic E-state index is -0.732. The van der Waals surface area contributed by atoms with Crippen molar-refractivity contribution in [3.8, 4) is 0 Å². The second-order valence-corrected chi connectivity index (χ2v) is 4.41. The van der Waals surface area contributed by atoms with Gasteiger partial charge >= 0.3 is 0 Å². The summed E-state index contributed by atoms with van der Waals surface area (Å²) in [6.07, 6.45) is 1.22. The van der Waals surface area contributed by atoms with E-state index in [9.17, 15) is 4.79 Å². The van der Waals surface area contributed by atoms with Crippen LogP contribution in [0, 0.1) is 6.92 Å². The lowest BCUT2D eigenvalue weighted by Gasteiger charge is -2.32. The molecule has 1 saturated heterocycles. The molecule has 86 valence electrons. The van der Waals surface area contributed by atoms with Gasteiger partial charge in [0.15, 0.2) is 5.78 Å². The topological polar surface area (TPSA) is 52.3 Å². The van der Waals surface area contributed by atoms with Crippen molar-refractivity contribution >= 4 is 5.78 Å². The number of Topliss-reactive ketones (excluding diaryl/α,β-unsaturated/α-hetero) is 1. The van der Waals surface area contributed by atoms with Crippen LogP contribution in [0.5, 0.6) is 0 Å². The minimum Gasteiger partial charge on any atom is -0.381 e. The van der Waals surface area contributed by atoms with E-state index in [2.05, 4.69) is 0 Å². The van der Waals surface area contributed by atoms with Crippen LogP contribution in [0.1, 0.15) is 28.8 Å². The van der Waals surface area contributed by atoms with Crippen molar-refractivity contribution in [1.29, 1.82) is 0 Å². The largest absolute Gasteiger partial charge is 0.381 e. The van der Waals surface area contributed by atoms with E-state index < -0.39 is 5.54 Å². The Morgan fingerprint density at radius 2 is 1.94 bits per heavy atom. The van der Waals surface area contributed by atoms with Crippen LogP contribution < -0.4 is 5.73 Å². The van der Waals surface area contributed by atoms with Crippen LogP contribution in [0.25, 0.3) is 0 Å². The summed E-state index contributed by atoms with van der Waals surface area (Å²) < 4.78 is 5.25. The molecular formula is C13H17NO2. The molecule has 0 spiro atoms. The zero-order chi connectivity index (χ0) is 11.6. The Morgan fingerprint density at radius 1 is 1.31 bits per heavy atom. The lowest BCUT2D eigenvalue weighted by molar-refractivity contribution is 0.0447. The van der Waals surface area contributed by atoms with Crippen LogP contribution in [0.15, 0.2) is 24.3 Å². The summed E-state index contributed by atoms with van der Waals surface area (Å²) in [6.45, 7) is 3.10. The van der Waals surface area contributed by atoms with Crippen LogP contribution >= 0.6 is 0 Å². The Bertz CT molecular complexity index is 395. The molecule has 2 N–H and O–H groups in total. The summed E-state index contributed by atoms with van der Waals surface area (Å²) in [5, 5.41) is 0. The fourth-order valence-electron chi connectivity index (χ4n) is 2.06. The smallest absolute Gasteiger partial charge is 0.183 e. The predicted octanol–water partition coefficient (Wildman–Crippen LogP) is 1.69. The summed E-state index contributed by atoms with van der Waals surface area (Å²) in [5.41, 5.74) is 7.17. The molecule has 1 fully saturated rings. The van der Waals surface area contributed by atoms with Crippen molar-refractivity contribution in [3.63, 3.8) is 0 Å². The Hall–Kier alpha value is -1.19. The van der Waals surface area contributed by atoms with Gasteiger partial charge < -0.3 is 10.5 Å². The van der Waals surface area contributed by atoms with Crippen LogP contribution in [-0.2, 0) is 4.74 Å². The Morgan fingerprint density at radius 3 is 2.56 bits per heavy atom. The third kappa shape index (κ3) is 2.01. The minimum absolute atomic E-state index is 0.0499. The van der Waals surface area contributed by atoms with Crippen LogP contribution in [-0.4, -0.2) is 24.5 Å². The van der Waals surface area contributed by atoms with E-state index in [0.29, 0.717) is 26.1 Å². The molecule has 0 saturated carbocycles. The highest BCUT2D eigenvalue weighted by molar-refractivity contribution is 6.04. The number of hydrogen-bond donors (Lipinski definition) is 1. The molecule has 1 aromatic rings. The molecule has 16 heavy (non-hydrogen) atoms. The molecule has 3 nitrogen and oxygen atoms in total. The van der Waals surface area contributed by atoms with E-state index in [-0.39, 0.29) is 5.78 Å². The van der Waals surface area contributed by atoms with E-state index >= 15 is 0 Å². The standard InChI is InChI=1S/C13H17NO2/c1-10-4-2-3-5-11(10)12(15)13(14)6-8-16-9-7-13/h2-5H,6-9,14H2,1H3. The van der Waals surface area contributed by atoms with Gasteiger partial charge in [0, 0.05) is 18.8 Å². The van der Waals surface area contributed by atoms with Gasteiger partial charge in [-0.1, -0.05) is 24.3 Å². The maximum Gasteiger partial charge on any atom is 0.183 e. The number of aryl methyl sites for hydroxylation is 1. The average molecular weight is 219 g/mol. The Balaban J connectivity index is 2.28. The molecule has 0 aliphatic carbocycles. The molecule has 0 unspecified atom stereocenters. The normalized spacial score (nSPS) is 19.4. The van der Waals surface area contributed by atoms with Crippen molar-refractivity contribution < 1.29 is 9.53 Å². The molecule has 1 heterocycles. The van der Waals surface area contributed by atoms with Crippen molar-refractivity contribution in [2.45, 2.75) is 25.3 Å². The molecule has 0 bridgehead atoms. The van der Waals surface area contributed by atoms with Crippen molar-refractivity contribution in [1.82, 2.24) is 0 Å². The number of benzene rings is 1.